The van der Waals surface area contributed by atoms with E-state index in [-0.39, 0.29) is 40.4 Å². The van der Waals surface area contributed by atoms with E-state index in [2.05, 4.69) is 19.7 Å². The molecule has 2 aromatic heterocycles. The fourth-order valence-corrected chi connectivity index (χ4v) is 6.15. The molecule has 1 aromatic carbocycles. The summed E-state index contributed by atoms with van der Waals surface area (Å²) < 4.78 is 74.1. The van der Waals surface area contributed by atoms with Crippen LogP contribution in [0.1, 0.15) is 42.0 Å². The number of benzene rings is 1. The van der Waals surface area contributed by atoms with Gasteiger partial charge in [-0.2, -0.15) is 13.2 Å². The summed E-state index contributed by atoms with van der Waals surface area (Å²) >= 11 is 6.31. The van der Waals surface area contributed by atoms with Gasteiger partial charge < -0.3 is 9.64 Å². The van der Waals surface area contributed by atoms with Crippen molar-refractivity contribution in [3.63, 3.8) is 0 Å². The van der Waals surface area contributed by atoms with Gasteiger partial charge in [-0.3, -0.25) is 4.72 Å². The van der Waals surface area contributed by atoms with Crippen LogP contribution in [-0.2, 0) is 16.2 Å². The minimum absolute atomic E-state index is 0.0180. The van der Waals surface area contributed by atoms with E-state index >= 15 is 0 Å². The lowest BCUT2D eigenvalue weighted by Gasteiger charge is -2.40. The second kappa shape index (κ2) is 11.0. The number of halogens is 4. The number of aromatic nitrogens is 3. The van der Waals surface area contributed by atoms with Crippen LogP contribution >= 0.6 is 11.6 Å². The Morgan fingerprint density at radius 2 is 1.89 bits per heavy atom. The van der Waals surface area contributed by atoms with Crippen LogP contribution in [0.5, 0.6) is 5.88 Å². The second-order valence-electron chi connectivity index (χ2n) is 9.36. The standard InChI is InChI=1S/C25H27ClF3N5O3S/c1-15-22(38(35,36)33-23-10-11-30-14-31-23)8-9-24(32-15)37-21-7-4-16(12-20(21)34(2)3)18-13-17(25(27,28)29)5-6-19(18)26/h5-6,8-11,13-14,16,20-21H,4,7,12H2,1-3H3,(H,30,31,33)/t16-,20-,21-/m0/s1. The Morgan fingerprint density at radius 1 is 1.13 bits per heavy atom. The number of alkyl halides is 3. The largest absolute Gasteiger partial charge is 0.473 e. The fourth-order valence-electron chi connectivity index (χ4n) is 4.69. The molecule has 2 heterocycles. The molecule has 1 saturated carbocycles. The summed E-state index contributed by atoms with van der Waals surface area (Å²) in [5.41, 5.74) is 0.00185. The average Bonchev–Trinajstić information content (AvgIpc) is 2.84. The van der Waals surface area contributed by atoms with Crippen LogP contribution in [0, 0.1) is 6.92 Å². The number of nitrogens with one attached hydrogen (secondary N) is 1. The maximum atomic E-state index is 13.3. The highest BCUT2D eigenvalue weighted by molar-refractivity contribution is 7.92. The number of nitrogens with zero attached hydrogens (tertiary/aromatic N) is 4. The quantitative estimate of drug-likeness (QED) is 0.412. The molecule has 204 valence electrons. The average molecular weight is 570 g/mol. The van der Waals surface area contributed by atoms with Gasteiger partial charge in [-0.25, -0.2) is 23.4 Å². The van der Waals surface area contributed by atoms with Gasteiger partial charge in [-0.15, -0.1) is 0 Å². The summed E-state index contributed by atoms with van der Waals surface area (Å²) in [7, 11) is -0.175. The van der Waals surface area contributed by atoms with Crippen molar-refractivity contribution in [3.05, 3.63) is 70.8 Å². The highest BCUT2D eigenvalue weighted by Crippen LogP contribution is 2.41. The van der Waals surface area contributed by atoms with Crippen LogP contribution in [0.15, 0.2) is 53.8 Å². The van der Waals surface area contributed by atoms with Crippen molar-refractivity contribution in [3.8, 4) is 5.88 Å². The predicted molar refractivity (Wildman–Crippen MR) is 137 cm³/mol. The van der Waals surface area contributed by atoms with Crippen molar-refractivity contribution in [2.24, 2.45) is 0 Å². The normalized spacial score (nSPS) is 20.4. The van der Waals surface area contributed by atoms with Gasteiger partial charge in [-0.05, 0) is 82.1 Å². The van der Waals surface area contributed by atoms with E-state index in [0.717, 1.165) is 12.1 Å². The molecule has 38 heavy (non-hydrogen) atoms. The first-order chi connectivity index (χ1) is 17.8. The van der Waals surface area contributed by atoms with Gasteiger partial charge in [-0.1, -0.05) is 11.6 Å². The summed E-state index contributed by atoms with van der Waals surface area (Å²) in [5, 5.41) is 0.310. The maximum Gasteiger partial charge on any atom is 0.416 e. The Kier molecular flexibility index (Phi) is 8.15. The molecule has 1 N–H and O–H groups in total. The van der Waals surface area contributed by atoms with Gasteiger partial charge in [0.1, 0.15) is 23.1 Å². The molecule has 0 saturated heterocycles. The topological polar surface area (TPSA) is 97.3 Å². The number of pyridine rings is 1. The molecule has 3 atom stereocenters. The van der Waals surface area contributed by atoms with Crippen LogP contribution in [0.2, 0.25) is 5.02 Å². The summed E-state index contributed by atoms with van der Waals surface area (Å²) in [6.07, 6.45) is -0.443. The van der Waals surface area contributed by atoms with Crippen LogP contribution in [0.4, 0.5) is 19.0 Å². The van der Waals surface area contributed by atoms with Gasteiger partial charge in [0.05, 0.1) is 11.3 Å². The molecule has 0 aliphatic heterocycles. The monoisotopic (exact) mass is 569 g/mol. The number of hydrogen-bond acceptors (Lipinski definition) is 7. The van der Waals surface area contributed by atoms with Crippen LogP contribution in [0.3, 0.4) is 0 Å². The van der Waals surface area contributed by atoms with Crippen LogP contribution in [0.25, 0.3) is 0 Å². The SMILES string of the molecule is Cc1nc(O[C@H]2CC[C@H](c3cc(C(F)(F)F)ccc3Cl)C[C@@H]2N(C)C)ccc1S(=O)(=O)Nc1ccncn1. The first kappa shape index (κ1) is 28.1. The molecule has 1 fully saturated rings. The van der Waals surface area contributed by atoms with E-state index < -0.39 is 21.8 Å². The Labute approximate surface area is 224 Å². The Morgan fingerprint density at radius 3 is 2.53 bits per heavy atom. The summed E-state index contributed by atoms with van der Waals surface area (Å²) in [5.74, 6) is 0.217. The van der Waals surface area contributed by atoms with Crippen molar-refractivity contribution in [1.29, 1.82) is 0 Å². The molecule has 0 spiro atoms. The molecule has 0 unspecified atom stereocenters. The zero-order valence-electron chi connectivity index (χ0n) is 20.9. The van der Waals surface area contributed by atoms with E-state index in [4.69, 9.17) is 16.3 Å². The highest BCUT2D eigenvalue weighted by atomic mass is 35.5. The third-order valence-electron chi connectivity index (χ3n) is 6.58. The van der Waals surface area contributed by atoms with Crippen molar-refractivity contribution >= 4 is 27.4 Å². The second-order valence-corrected chi connectivity index (χ2v) is 11.4. The molecule has 13 heteroatoms. The number of hydrogen-bond donors (Lipinski definition) is 1. The molecule has 4 rings (SSSR count). The zero-order chi connectivity index (χ0) is 27.7. The zero-order valence-corrected chi connectivity index (χ0v) is 22.5. The Hall–Kier alpha value is -2.96. The van der Waals surface area contributed by atoms with E-state index in [1.54, 1.807) is 6.92 Å². The molecule has 1 aliphatic carbocycles. The molecule has 1 aliphatic rings. The molecule has 0 bridgehead atoms. The lowest BCUT2D eigenvalue weighted by molar-refractivity contribution is -0.137. The van der Waals surface area contributed by atoms with E-state index in [9.17, 15) is 21.6 Å². The first-order valence-electron chi connectivity index (χ1n) is 11.8. The third-order valence-corrected chi connectivity index (χ3v) is 8.41. The number of sulfonamides is 1. The van der Waals surface area contributed by atoms with E-state index in [0.29, 0.717) is 29.8 Å². The molecule has 8 nitrogen and oxygen atoms in total. The summed E-state index contributed by atoms with van der Waals surface area (Å²) in [4.78, 5) is 13.9. The predicted octanol–water partition coefficient (Wildman–Crippen LogP) is 5.30. The van der Waals surface area contributed by atoms with Crippen LogP contribution in [-0.4, -0.2) is 54.5 Å². The molecule has 3 aromatic rings. The van der Waals surface area contributed by atoms with Crippen molar-refractivity contribution in [2.75, 3.05) is 18.8 Å². The fraction of sp³-hybridized carbons (Fsp3) is 0.400. The Balaban J connectivity index is 1.50. The van der Waals surface area contributed by atoms with Gasteiger partial charge in [0.15, 0.2) is 0 Å². The number of likely N-dealkylation sites (N-methyl/N-ethyl adjacent to an activating group) is 1. The molecule has 0 radical (unpaired) electrons. The third kappa shape index (κ3) is 6.36. The Bertz CT molecular complexity index is 1390. The smallest absolute Gasteiger partial charge is 0.416 e. The van der Waals surface area contributed by atoms with E-state index in [1.165, 1.54) is 36.8 Å². The van der Waals surface area contributed by atoms with Crippen molar-refractivity contribution < 1.29 is 26.3 Å². The van der Waals surface area contributed by atoms with Gasteiger partial charge in [0.25, 0.3) is 10.0 Å². The van der Waals surface area contributed by atoms with Crippen LogP contribution < -0.4 is 9.46 Å². The lowest BCUT2D eigenvalue weighted by Crippen LogP contribution is -2.46. The van der Waals surface area contributed by atoms with Crippen molar-refractivity contribution in [2.45, 2.75) is 55.3 Å². The van der Waals surface area contributed by atoms with E-state index in [1.807, 2.05) is 19.0 Å². The van der Waals surface area contributed by atoms with Gasteiger partial charge in [0.2, 0.25) is 5.88 Å². The van der Waals surface area contributed by atoms with Gasteiger partial charge >= 0.3 is 6.18 Å². The minimum atomic E-state index is -4.45. The minimum Gasteiger partial charge on any atom is -0.473 e. The number of anilines is 1. The summed E-state index contributed by atoms with van der Waals surface area (Å²) in [6, 6.07) is 7.64. The number of aryl methyl sites for hydroxylation is 1. The number of rotatable bonds is 7. The maximum absolute atomic E-state index is 13.3. The number of ether oxygens (including phenoxy) is 1. The molecule has 0 amide bonds. The molecular formula is C25H27ClF3N5O3S. The summed E-state index contributed by atoms with van der Waals surface area (Å²) in [6.45, 7) is 1.57. The first-order valence-corrected chi connectivity index (χ1v) is 13.7. The highest BCUT2D eigenvalue weighted by Gasteiger charge is 2.37. The van der Waals surface area contributed by atoms with Crippen molar-refractivity contribution in [1.82, 2.24) is 19.9 Å². The molecular weight excluding hydrogens is 543 g/mol. The lowest BCUT2D eigenvalue weighted by atomic mass is 9.79. The van der Waals surface area contributed by atoms with Gasteiger partial charge in [0, 0.05) is 23.3 Å².